The van der Waals surface area contributed by atoms with Crippen LogP contribution in [0.2, 0.25) is 0 Å². The van der Waals surface area contributed by atoms with Crippen LogP contribution in [-0.4, -0.2) is 63.7 Å². The van der Waals surface area contributed by atoms with Crippen LogP contribution in [0, 0.1) is 12.7 Å². The standard InChI is InChI=1S/C28H31FN6O/c1-19-24-16-22(5-7-27(24)34(3)32-19)31-28(36)17-23-15-21(8-9-30-23)25-14-20(4-6-26(25)29)18-35-12-10-33(2)11-13-35/h4-9,14-16H,10-13,17-18H2,1-3H3,(H,31,36). The molecule has 0 unspecified atom stereocenters. The van der Waals surface area contributed by atoms with Gasteiger partial charge < -0.3 is 10.2 Å². The molecule has 1 saturated heterocycles. The van der Waals surface area contributed by atoms with Gasteiger partial charge in [0.1, 0.15) is 5.82 Å². The summed E-state index contributed by atoms with van der Waals surface area (Å²) < 4.78 is 16.6. The van der Waals surface area contributed by atoms with E-state index < -0.39 is 0 Å². The Kier molecular flexibility index (Phi) is 6.80. The smallest absolute Gasteiger partial charge is 0.230 e. The van der Waals surface area contributed by atoms with Crippen molar-refractivity contribution < 1.29 is 9.18 Å². The summed E-state index contributed by atoms with van der Waals surface area (Å²) in [4.78, 5) is 21.8. The zero-order valence-corrected chi connectivity index (χ0v) is 21.0. The third-order valence-corrected chi connectivity index (χ3v) is 6.82. The minimum Gasteiger partial charge on any atom is -0.326 e. The third kappa shape index (κ3) is 5.29. The summed E-state index contributed by atoms with van der Waals surface area (Å²) in [6.45, 7) is 6.83. The van der Waals surface area contributed by atoms with Gasteiger partial charge in [0, 0.05) is 62.6 Å². The fraction of sp³-hybridized carbons (Fsp3) is 0.321. The third-order valence-electron chi connectivity index (χ3n) is 6.82. The number of likely N-dealkylation sites (N-methyl/N-ethyl adjacent to an activating group) is 1. The number of benzene rings is 2. The van der Waals surface area contributed by atoms with Crippen molar-refractivity contribution in [3.8, 4) is 11.1 Å². The van der Waals surface area contributed by atoms with Crippen molar-refractivity contribution in [3.63, 3.8) is 0 Å². The van der Waals surface area contributed by atoms with E-state index in [0.717, 1.165) is 60.4 Å². The lowest BCUT2D eigenvalue weighted by molar-refractivity contribution is -0.115. The highest BCUT2D eigenvalue weighted by Crippen LogP contribution is 2.26. The van der Waals surface area contributed by atoms with Gasteiger partial charge in [-0.15, -0.1) is 0 Å². The number of anilines is 1. The number of pyridine rings is 1. The zero-order chi connectivity index (χ0) is 25.2. The average molecular weight is 487 g/mol. The molecule has 1 aliphatic rings. The van der Waals surface area contributed by atoms with Crippen LogP contribution in [-0.2, 0) is 24.8 Å². The van der Waals surface area contributed by atoms with Crippen molar-refractivity contribution in [1.29, 1.82) is 0 Å². The number of aromatic nitrogens is 3. The van der Waals surface area contributed by atoms with Crippen LogP contribution in [0.1, 0.15) is 17.0 Å². The molecule has 1 aliphatic heterocycles. The summed E-state index contributed by atoms with van der Waals surface area (Å²) >= 11 is 0. The fourth-order valence-electron chi connectivity index (χ4n) is 4.79. The van der Waals surface area contributed by atoms with Crippen molar-refractivity contribution >= 4 is 22.5 Å². The molecule has 8 heteroatoms. The quantitative estimate of drug-likeness (QED) is 0.446. The van der Waals surface area contributed by atoms with Crippen molar-refractivity contribution in [3.05, 3.63) is 77.5 Å². The van der Waals surface area contributed by atoms with Crippen molar-refractivity contribution in [2.24, 2.45) is 7.05 Å². The molecular weight excluding hydrogens is 455 g/mol. The number of aryl methyl sites for hydroxylation is 2. The first-order valence-electron chi connectivity index (χ1n) is 12.2. The molecule has 186 valence electrons. The zero-order valence-electron chi connectivity index (χ0n) is 21.0. The predicted molar refractivity (Wildman–Crippen MR) is 140 cm³/mol. The molecule has 1 amide bonds. The van der Waals surface area contributed by atoms with E-state index in [2.05, 4.69) is 32.2 Å². The molecule has 2 aromatic carbocycles. The SMILES string of the molecule is Cc1nn(C)c2ccc(NC(=O)Cc3cc(-c4cc(CN5CCN(C)CC5)ccc4F)ccn3)cc12. The molecule has 0 atom stereocenters. The van der Waals surface area contributed by atoms with E-state index in [0.29, 0.717) is 16.9 Å². The number of hydrogen-bond acceptors (Lipinski definition) is 5. The van der Waals surface area contributed by atoms with Gasteiger partial charge in [-0.2, -0.15) is 5.10 Å². The van der Waals surface area contributed by atoms with Crippen LogP contribution in [0.3, 0.4) is 0 Å². The molecule has 36 heavy (non-hydrogen) atoms. The second-order valence-corrected chi connectivity index (χ2v) is 9.60. The van der Waals surface area contributed by atoms with E-state index in [4.69, 9.17) is 0 Å². The van der Waals surface area contributed by atoms with Crippen LogP contribution < -0.4 is 5.32 Å². The Morgan fingerprint density at radius 2 is 1.83 bits per heavy atom. The maximum Gasteiger partial charge on any atom is 0.230 e. The molecule has 0 saturated carbocycles. The maximum absolute atomic E-state index is 14.8. The predicted octanol–water partition coefficient (Wildman–Crippen LogP) is 4.01. The van der Waals surface area contributed by atoms with Gasteiger partial charge in [-0.05, 0) is 67.6 Å². The second kappa shape index (κ2) is 10.2. The van der Waals surface area contributed by atoms with Gasteiger partial charge in [0.05, 0.1) is 23.3 Å². The highest BCUT2D eigenvalue weighted by Gasteiger charge is 2.16. The summed E-state index contributed by atoms with van der Waals surface area (Å²) in [6.07, 6.45) is 1.73. The normalized spacial score (nSPS) is 14.9. The molecule has 4 aromatic rings. The summed E-state index contributed by atoms with van der Waals surface area (Å²) in [6, 6.07) is 14.6. The number of amides is 1. The topological polar surface area (TPSA) is 66.3 Å². The van der Waals surface area contributed by atoms with Gasteiger partial charge >= 0.3 is 0 Å². The first kappa shape index (κ1) is 24.1. The molecular formula is C28H31FN6O. The Morgan fingerprint density at radius 1 is 1.03 bits per heavy atom. The minimum atomic E-state index is -0.279. The van der Waals surface area contributed by atoms with Gasteiger partial charge in [0.25, 0.3) is 0 Å². The number of carbonyl (C=O) groups excluding carboxylic acids is 1. The Morgan fingerprint density at radius 3 is 2.64 bits per heavy atom. The van der Waals surface area contributed by atoms with Crippen LogP contribution in [0.25, 0.3) is 22.0 Å². The Hall–Kier alpha value is -3.62. The number of rotatable bonds is 6. The number of fused-ring (bicyclic) bond motifs is 1. The summed E-state index contributed by atoms with van der Waals surface area (Å²) in [5.74, 6) is -0.455. The number of piperazine rings is 1. The lowest BCUT2D eigenvalue weighted by Gasteiger charge is -2.32. The molecule has 0 bridgehead atoms. The summed E-state index contributed by atoms with van der Waals surface area (Å²) in [7, 11) is 4.03. The fourth-order valence-corrected chi connectivity index (χ4v) is 4.79. The molecule has 0 spiro atoms. The van der Waals surface area contributed by atoms with E-state index in [1.165, 1.54) is 6.07 Å². The van der Waals surface area contributed by atoms with Crippen LogP contribution in [0.4, 0.5) is 10.1 Å². The first-order valence-corrected chi connectivity index (χ1v) is 12.2. The van der Waals surface area contributed by atoms with Gasteiger partial charge in [0.2, 0.25) is 5.91 Å². The average Bonchev–Trinajstić information content (AvgIpc) is 3.14. The maximum atomic E-state index is 14.8. The lowest BCUT2D eigenvalue weighted by atomic mass is 10.0. The van der Waals surface area contributed by atoms with Crippen molar-refractivity contribution in [2.75, 3.05) is 38.5 Å². The molecule has 2 aromatic heterocycles. The number of halogens is 1. The summed E-state index contributed by atoms with van der Waals surface area (Å²) in [5.41, 5.74) is 5.55. The van der Waals surface area contributed by atoms with Gasteiger partial charge in [-0.1, -0.05) is 6.07 Å². The van der Waals surface area contributed by atoms with Gasteiger partial charge in [-0.3, -0.25) is 19.4 Å². The van der Waals surface area contributed by atoms with Gasteiger partial charge in [0.15, 0.2) is 0 Å². The Labute approximate surface area is 210 Å². The van der Waals surface area contributed by atoms with Gasteiger partial charge in [-0.25, -0.2) is 4.39 Å². The van der Waals surface area contributed by atoms with E-state index in [1.54, 1.807) is 18.3 Å². The van der Waals surface area contributed by atoms with E-state index in [1.807, 2.05) is 49.0 Å². The number of carbonyl (C=O) groups is 1. The second-order valence-electron chi connectivity index (χ2n) is 9.60. The number of hydrogen-bond donors (Lipinski definition) is 1. The monoisotopic (exact) mass is 486 g/mol. The van der Waals surface area contributed by atoms with E-state index >= 15 is 0 Å². The highest BCUT2D eigenvalue weighted by atomic mass is 19.1. The first-order chi connectivity index (χ1) is 17.4. The van der Waals surface area contributed by atoms with Crippen LogP contribution >= 0.6 is 0 Å². The number of nitrogens with zero attached hydrogens (tertiary/aromatic N) is 5. The van der Waals surface area contributed by atoms with Crippen LogP contribution in [0.5, 0.6) is 0 Å². The Balaban J connectivity index is 1.29. The molecule has 5 rings (SSSR count). The molecule has 3 heterocycles. The van der Waals surface area contributed by atoms with E-state index in [-0.39, 0.29) is 18.1 Å². The molecule has 1 N–H and O–H groups in total. The van der Waals surface area contributed by atoms with Crippen molar-refractivity contribution in [1.82, 2.24) is 24.6 Å². The molecule has 1 fully saturated rings. The number of nitrogens with one attached hydrogen (secondary N) is 1. The summed E-state index contributed by atoms with van der Waals surface area (Å²) in [5, 5.41) is 8.37. The molecule has 7 nitrogen and oxygen atoms in total. The van der Waals surface area contributed by atoms with E-state index in [9.17, 15) is 9.18 Å². The Bertz CT molecular complexity index is 1410. The minimum absolute atomic E-state index is 0.0977. The lowest BCUT2D eigenvalue weighted by Crippen LogP contribution is -2.43. The van der Waals surface area contributed by atoms with Crippen molar-refractivity contribution in [2.45, 2.75) is 19.9 Å². The largest absolute Gasteiger partial charge is 0.326 e. The highest BCUT2D eigenvalue weighted by molar-refractivity contribution is 5.95. The molecule has 0 radical (unpaired) electrons. The molecule has 0 aliphatic carbocycles. The van der Waals surface area contributed by atoms with Crippen LogP contribution in [0.15, 0.2) is 54.7 Å².